The average Bonchev–Trinajstić information content (AvgIpc) is 3.31. The van der Waals surface area contributed by atoms with E-state index in [-0.39, 0.29) is 18.4 Å². The predicted octanol–water partition coefficient (Wildman–Crippen LogP) is 5.41. The molecule has 1 aromatic heterocycles. The number of carbonyl (C=O) groups is 2. The first-order valence-corrected chi connectivity index (χ1v) is 11.9. The summed E-state index contributed by atoms with van der Waals surface area (Å²) in [6, 6.07) is 26.1. The molecule has 1 N–H and O–H groups in total. The highest BCUT2D eigenvalue weighted by molar-refractivity contribution is 9.10. The highest BCUT2D eigenvalue weighted by Crippen LogP contribution is 2.26. The van der Waals surface area contributed by atoms with Gasteiger partial charge in [0.1, 0.15) is 18.1 Å². The van der Waals surface area contributed by atoms with Crippen molar-refractivity contribution in [3.63, 3.8) is 0 Å². The van der Waals surface area contributed by atoms with Crippen molar-refractivity contribution in [2.75, 3.05) is 25.5 Å². The zero-order valence-electron chi connectivity index (χ0n) is 19.4. The monoisotopic (exact) mass is 532 g/mol. The zero-order chi connectivity index (χ0) is 24.8. The number of nitrogens with zero attached hydrogens (tertiary/aromatic N) is 3. The number of hydrogen-bond donors (Lipinski definition) is 1. The second kappa shape index (κ2) is 11.0. The number of anilines is 1. The van der Waals surface area contributed by atoms with Gasteiger partial charge in [-0.05, 0) is 49.4 Å². The Bertz CT molecular complexity index is 1320. The maximum atomic E-state index is 13.0. The molecule has 0 aliphatic rings. The minimum absolute atomic E-state index is 0.0870. The lowest BCUT2D eigenvalue weighted by Gasteiger charge is -2.20. The van der Waals surface area contributed by atoms with Gasteiger partial charge < -0.3 is 15.0 Å². The van der Waals surface area contributed by atoms with Gasteiger partial charge in [0.25, 0.3) is 5.91 Å². The van der Waals surface area contributed by atoms with E-state index in [0.717, 1.165) is 21.5 Å². The first kappa shape index (κ1) is 24.2. The molecular weight excluding hydrogens is 508 g/mol. The Hall–Kier alpha value is -3.91. The van der Waals surface area contributed by atoms with Crippen molar-refractivity contribution in [1.29, 1.82) is 0 Å². The van der Waals surface area contributed by atoms with E-state index >= 15 is 0 Å². The van der Waals surface area contributed by atoms with Crippen molar-refractivity contribution < 1.29 is 14.3 Å². The number of likely N-dealkylation sites (N-methyl/N-ethyl adjacent to an activating group) is 1. The third-order valence-electron chi connectivity index (χ3n) is 5.44. The largest absolute Gasteiger partial charge is 0.497 e. The van der Waals surface area contributed by atoms with E-state index in [2.05, 4.69) is 21.2 Å². The molecule has 0 aliphatic heterocycles. The summed E-state index contributed by atoms with van der Waals surface area (Å²) in [5, 5.41) is 7.66. The Labute approximate surface area is 212 Å². The first-order valence-electron chi connectivity index (χ1n) is 11.1. The van der Waals surface area contributed by atoms with Gasteiger partial charge in [-0.1, -0.05) is 52.3 Å². The molecule has 8 heteroatoms. The number of ether oxygens (including phenoxy) is 1. The molecule has 0 saturated heterocycles. The van der Waals surface area contributed by atoms with E-state index in [4.69, 9.17) is 9.84 Å². The third-order valence-corrected chi connectivity index (χ3v) is 5.93. The molecular formula is C27H25BrN4O3. The first-order chi connectivity index (χ1) is 17.0. The number of halogens is 1. The average molecular weight is 533 g/mol. The SMILES string of the molecule is CCN(CC(=O)Nc1cc(-c2ccccc2)nn1-c1ccc(OC)cc1)C(=O)c1cccc(Br)c1. The highest BCUT2D eigenvalue weighted by atomic mass is 79.9. The normalized spacial score (nSPS) is 10.6. The topological polar surface area (TPSA) is 76.5 Å². The van der Waals surface area contributed by atoms with Gasteiger partial charge in [-0.2, -0.15) is 5.10 Å². The van der Waals surface area contributed by atoms with Crippen LogP contribution in [0.4, 0.5) is 5.82 Å². The molecule has 0 saturated carbocycles. The van der Waals surface area contributed by atoms with Crippen molar-refractivity contribution in [3.05, 3.63) is 95.0 Å². The summed E-state index contributed by atoms with van der Waals surface area (Å²) in [5.41, 5.74) is 2.93. The lowest BCUT2D eigenvalue weighted by atomic mass is 10.1. The Morgan fingerprint density at radius 3 is 2.40 bits per heavy atom. The summed E-state index contributed by atoms with van der Waals surface area (Å²) in [4.78, 5) is 27.5. The number of carbonyl (C=O) groups excluding carboxylic acids is 2. The number of rotatable bonds is 8. The van der Waals surface area contributed by atoms with Crippen LogP contribution >= 0.6 is 15.9 Å². The van der Waals surface area contributed by atoms with Crippen LogP contribution in [-0.2, 0) is 4.79 Å². The number of amides is 2. The van der Waals surface area contributed by atoms with Crippen LogP contribution < -0.4 is 10.1 Å². The molecule has 0 spiro atoms. The van der Waals surface area contributed by atoms with Crippen LogP contribution in [0.15, 0.2) is 89.4 Å². The van der Waals surface area contributed by atoms with Gasteiger partial charge in [0.2, 0.25) is 5.91 Å². The molecule has 178 valence electrons. The van der Waals surface area contributed by atoms with Crippen LogP contribution in [-0.4, -0.2) is 46.7 Å². The molecule has 0 bridgehead atoms. The van der Waals surface area contributed by atoms with Crippen LogP contribution in [0, 0.1) is 0 Å². The van der Waals surface area contributed by atoms with Crippen LogP contribution in [0.3, 0.4) is 0 Å². The molecule has 0 atom stereocenters. The third kappa shape index (κ3) is 5.78. The van der Waals surface area contributed by atoms with Gasteiger partial charge in [0, 0.05) is 28.2 Å². The van der Waals surface area contributed by atoms with Crippen molar-refractivity contribution in [2.45, 2.75) is 6.92 Å². The number of hydrogen-bond acceptors (Lipinski definition) is 4. The van der Waals surface area contributed by atoms with E-state index in [1.165, 1.54) is 4.90 Å². The van der Waals surface area contributed by atoms with Gasteiger partial charge in [-0.3, -0.25) is 9.59 Å². The smallest absolute Gasteiger partial charge is 0.254 e. The van der Waals surface area contributed by atoms with E-state index in [1.54, 1.807) is 30.0 Å². The quantitative estimate of drug-likeness (QED) is 0.329. The maximum absolute atomic E-state index is 13.0. The minimum atomic E-state index is -0.315. The Balaban J connectivity index is 1.59. The van der Waals surface area contributed by atoms with E-state index in [9.17, 15) is 9.59 Å². The maximum Gasteiger partial charge on any atom is 0.254 e. The number of benzene rings is 3. The van der Waals surface area contributed by atoms with E-state index < -0.39 is 0 Å². The lowest BCUT2D eigenvalue weighted by Crippen LogP contribution is -2.38. The van der Waals surface area contributed by atoms with Gasteiger partial charge in [-0.25, -0.2) is 4.68 Å². The van der Waals surface area contributed by atoms with Crippen molar-refractivity contribution in [3.8, 4) is 22.7 Å². The fourth-order valence-electron chi connectivity index (χ4n) is 3.63. The van der Waals surface area contributed by atoms with Gasteiger partial charge in [-0.15, -0.1) is 0 Å². The Morgan fingerprint density at radius 2 is 1.74 bits per heavy atom. The summed E-state index contributed by atoms with van der Waals surface area (Å²) >= 11 is 3.39. The van der Waals surface area contributed by atoms with Gasteiger partial charge in [0.15, 0.2) is 0 Å². The second-order valence-electron chi connectivity index (χ2n) is 7.77. The number of aromatic nitrogens is 2. The fourth-order valence-corrected chi connectivity index (χ4v) is 4.03. The second-order valence-corrected chi connectivity index (χ2v) is 8.68. The summed E-state index contributed by atoms with van der Waals surface area (Å²) in [7, 11) is 1.61. The standard InChI is InChI=1S/C27H25BrN4O3/c1-3-31(27(34)20-10-7-11-21(28)16-20)18-26(33)29-25-17-24(19-8-5-4-6-9-19)30-32(25)22-12-14-23(35-2)15-13-22/h4-17H,3,18H2,1-2H3,(H,29,33). The molecule has 4 aromatic rings. The van der Waals surface area contributed by atoms with Crippen LogP contribution in [0.2, 0.25) is 0 Å². The van der Waals surface area contributed by atoms with Crippen molar-refractivity contribution in [2.24, 2.45) is 0 Å². The molecule has 7 nitrogen and oxygen atoms in total. The molecule has 35 heavy (non-hydrogen) atoms. The highest BCUT2D eigenvalue weighted by Gasteiger charge is 2.20. The minimum Gasteiger partial charge on any atom is -0.497 e. The van der Waals surface area contributed by atoms with Gasteiger partial charge >= 0.3 is 0 Å². The summed E-state index contributed by atoms with van der Waals surface area (Å²) in [5.74, 6) is 0.700. The van der Waals surface area contributed by atoms with Crippen molar-refractivity contribution >= 4 is 33.6 Å². The molecule has 0 unspecified atom stereocenters. The molecule has 2 amide bonds. The zero-order valence-corrected chi connectivity index (χ0v) is 21.0. The predicted molar refractivity (Wildman–Crippen MR) is 140 cm³/mol. The molecule has 4 rings (SSSR count). The number of nitrogens with one attached hydrogen (secondary N) is 1. The van der Waals surface area contributed by atoms with Crippen LogP contribution in [0.1, 0.15) is 17.3 Å². The lowest BCUT2D eigenvalue weighted by molar-refractivity contribution is -0.116. The summed E-state index contributed by atoms with van der Waals surface area (Å²) in [6.07, 6.45) is 0. The Kier molecular flexibility index (Phi) is 7.62. The van der Waals surface area contributed by atoms with Gasteiger partial charge in [0.05, 0.1) is 18.5 Å². The van der Waals surface area contributed by atoms with Crippen molar-refractivity contribution in [1.82, 2.24) is 14.7 Å². The molecule has 1 heterocycles. The van der Waals surface area contributed by atoms with Crippen LogP contribution in [0.5, 0.6) is 5.75 Å². The fraction of sp³-hybridized carbons (Fsp3) is 0.148. The van der Waals surface area contributed by atoms with Crippen LogP contribution in [0.25, 0.3) is 16.9 Å². The summed E-state index contributed by atoms with van der Waals surface area (Å²) in [6.45, 7) is 2.15. The number of methoxy groups -OCH3 is 1. The van der Waals surface area contributed by atoms with E-state index in [1.807, 2.05) is 73.7 Å². The molecule has 0 aliphatic carbocycles. The summed E-state index contributed by atoms with van der Waals surface area (Å²) < 4.78 is 7.74. The molecule has 3 aromatic carbocycles. The molecule has 0 fully saturated rings. The van der Waals surface area contributed by atoms with E-state index in [0.29, 0.717) is 23.6 Å². The molecule has 0 radical (unpaired) electrons. The Morgan fingerprint density at radius 1 is 1.00 bits per heavy atom.